The van der Waals surface area contributed by atoms with E-state index in [9.17, 15) is 5.11 Å². The van der Waals surface area contributed by atoms with Crippen LogP contribution < -0.4 is 0 Å². The Kier molecular flexibility index (Phi) is 5.44. The lowest BCUT2D eigenvalue weighted by atomic mass is 9.88. The third-order valence-electron chi connectivity index (χ3n) is 4.75. The minimum Gasteiger partial charge on any atom is -0.396 e. The number of aromatic nitrogens is 2. The van der Waals surface area contributed by atoms with Crippen molar-refractivity contribution in [2.75, 3.05) is 6.61 Å². The van der Waals surface area contributed by atoms with Crippen molar-refractivity contribution in [1.82, 2.24) is 9.78 Å². The van der Waals surface area contributed by atoms with Crippen molar-refractivity contribution in [2.45, 2.75) is 64.8 Å². The molecule has 0 spiro atoms. The van der Waals surface area contributed by atoms with Crippen LogP contribution in [-0.4, -0.2) is 21.5 Å². The van der Waals surface area contributed by atoms with Crippen molar-refractivity contribution in [1.29, 1.82) is 0 Å². The Morgan fingerprint density at radius 3 is 2.58 bits per heavy atom. The average Bonchev–Trinajstić information content (AvgIpc) is 3.09. The van der Waals surface area contributed by atoms with Gasteiger partial charge >= 0.3 is 0 Å². The zero-order valence-corrected chi connectivity index (χ0v) is 12.4. The summed E-state index contributed by atoms with van der Waals surface area (Å²) in [5.41, 5.74) is 1.15. The summed E-state index contributed by atoms with van der Waals surface area (Å²) in [6, 6.07) is 2.66. The molecule has 3 nitrogen and oxygen atoms in total. The Hall–Kier alpha value is -0.830. The Bertz CT molecular complexity index is 365. The topological polar surface area (TPSA) is 38.0 Å². The van der Waals surface area contributed by atoms with Crippen LogP contribution in [0.4, 0.5) is 0 Å². The maximum absolute atomic E-state index is 9.62. The van der Waals surface area contributed by atoms with Crippen LogP contribution in [0, 0.1) is 11.8 Å². The summed E-state index contributed by atoms with van der Waals surface area (Å²) < 4.78 is 2.11. The Labute approximate surface area is 117 Å². The normalized spacial score (nSPS) is 18.3. The molecule has 0 saturated heterocycles. The average molecular weight is 264 g/mol. The third-order valence-corrected chi connectivity index (χ3v) is 4.75. The van der Waals surface area contributed by atoms with Crippen LogP contribution in [0.3, 0.4) is 0 Å². The summed E-state index contributed by atoms with van der Waals surface area (Å²) in [6.07, 6.45) is 10.6. The summed E-state index contributed by atoms with van der Waals surface area (Å²) in [5.74, 6) is 1.12. The lowest BCUT2D eigenvalue weighted by molar-refractivity contribution is 0.174. The second kappa shape index (κ2) is 7.09. The van der Waals surface area contributed by atoms with Gasteiger partial charge in [0, 0.05) is 12.8 Å². The number of hydrogen-bond donors (Lipinski definition) is 1. The van der Waals surface area contributed by atoms with Crippen molar-refractivity contribution in [2.24, 2.45) is 11.8 Å². The molecule has 19 heavy (non-hydrogen) atoms. The standard InChI is InChI=1S/C16H28N2O/c1-3-16(4-2)18-10-9-15(17-18)11-14(12-19)13-7-5-6-8-13/h9-10,13-14,16,19H,3-8,11-12H2,1-2H3. The maximum atomic E-state index is 9.62. The van der Waals surface area contributed by atoms with Crippen molar-refractivity contribution in [3.05, 3.63) is 18.0 Å². The molecule has 0 amide bonds. The largest absolute Gasteiger partial charge is 0.396 e. The van der Waals surface area contributed by atoms with E-state index in [1.807, 2.05) is 0 Å². The van der Waals surface area contributed by atoms with Crippen molar-refractivity contribution >= 4 is 0 Å². The van der Waals surface area contributed by atoms with Gasteiger partial charge in [-0.15, -0.1) is 0 Å². The van der Waals surface area contributed by atoms with Crippen LogP contribution in [0.15, 0.2) is 12.3 Å². The van der Waals surface area contributed by atoms with Crippen LogP contribution in [0.2, 0.25) is 0 Å². The predicted molar refractivity (Wildman–Crippen MR) is 78.1 cm³/mol. The first kappa shape index (κ1) is 14.6. The smallest absolute Gasteiger partial charge is 0.0628 e. The quantitative estimate of drug-likeness (QED) is 0.817. The number of rotatable bonds is 7. The van der Waals surface area contributed by atoms with E-state index in [2.05, 4.69) is 30.8 Å². The summed E-state index contributed by atoms with van der Waals surface area (Å²) >= 11 is 0. The van der Waals surface area contributed by atoms with Gasteiger partial charge in [-0.05, 0) is 37.2 Å². The lowest BCUT2D eigenvalue weighted by Crippen LogP contribution is -2.19. The molecule has 0 bridgehead atoms. The van der Waals surface area contributed by atoms with Gasteiger partial charge in [0.05, 0.1) is 11.7 Å². The zero-order chi connectivity index (χ0) is 13.7. The lowest BCUT2D eigenvalue weighted by Gasteiger charge is -2.20. The third kappa shape index (κ3) is 3.59. The van der Waals surface area contributed by atoms with E-state index in [1.165, 1.54) is 25.7 Å². The van der Waals surface area contributed by atoms with Gasteiger partial charge in [0.25, 0.3) is 0 Å². The van der Waals surface area contributed by atoms with Crippen molar-refractivity contribution in [3.8, 4) is 0 Å². The zero-order valence-electron chi connectivity index (χ0n) is 12.4. The second-order valence-corrected chi connectivity index (χ2v) is 5.95. The van der Waals surface area contributed by atoms with Crippen LogP contribution in [0.25, 0.3) is 0 Å². The molecule has 0 radical (unpaired) electrons. The van der Waals surface area contributed by atoms with Crippen molar-refractivity contribution < 1.29 is 5.11 Å². The summed E-state index contributed by atoms with van der Waals surface area (Å²) in [6.45, 7) is 4.73. The van der Waals surface area contributed by atoms with Crippen LogP contribution >= 0.6 is 0 Å². The molecular weight excluding hydrogens is 236 g/mol. The molecule has 3 heteroatoms. The molecule has 0 aliphatic heterocycles. The molecule has 0 aromatic carbocycles. The minimum absolute atomic E-state index is 0.308. The molecule has 1 fully saturated rings. The number of aliphatic hydroxyl groups is 1. The number of hydrogen-bond acceptors (Lipinski definition) is 2. The van der Waals surface area contributed by atoms with Gasteiger partial charge in [-0.2, -0.15) is 5.10 Å². The molecule has 1 aliphatic carbocycles. The molecule has 1 unspecified atom stereocenters. The fourth-order valence-electron chi connectivity index (χ4n) is 3.43. The van der Waals surface area contributed by atoms with E-state index in [4.69, 9.17) is 5.10 Å². The molecule has 1 aromatic heterocycles. The second-order valence-electron chi connectivity index (χ2n) is 5.95. The molecule has 2 rings (SSSR count). The van der Waals surface area contributed by atoms with E-state index in [0.717, 1.165) is 25.0 Å². The minimum atomic E-state index is 0.308. The van der Waals surface area contributed by atoms with E-state index < -0.39 is 0 Å². The van der Waals surface area contributed by atoms with Gasteiger partial charge in [0.15, 0.2) is 0 Å². The molecule has 108 valence electrons. The summed E-state index contributed by atoms with van der Waals surface area (Å²) in [7, 11) is 0. The first-order valence-electron chi connectivity index (χ1n) is 7.93. The highest BCUT2D eigenvalue weighted by Crippen LogP contribution is 2.32. The molecule has 1 N–H and O–H groups in total. The van der Waals surface area contributed by atoms with Crippen LogP contribution in [0.5, 0.6) is 0 Å². The van der Waals surface area contributed by atoms with Gasteiger partial charge in [-0.25, -0.2) is 0 Å². The first-order valence-corrected chi connectivity index (χ1v) is 7.93. The molecular formula is C16H28N2O. The molecule has 1 saturated carbocycles. The van der Waals surface area contributed by atoms with Crippen LogP contribution in [-0.2, 0) is 6.42 Å². The van der Waals surface area contributed by atoms with E-state index in [1.54, 1.807) is 0 Å². The van der Waals surface area contributed by atoms with Crippen molar-refractivity contribution in [3.63, 3.8) is 0 Å². The van der Waals surface area contributed by atoms with Gasteiger partial charge in [-0.3, -0.25) is 4.68 Å². The van der Waals surface area contributed by atoms with E-state index >= 15 is 0 Å². The molecule has 1 atom stereocenters. The number of nitrogens with zero attached hydrogens (tertiary/aromatic N) is 2. The molecule has 1 heterocycles. The van der Waals surface area contributed by atoms with E-state index in [0.29, 0.717) is 24.5 Å². The molecule has 1 aromatic rings. The van der Waals surface area contributed by atoms with Gasteiger partial charge < -0.3 is 5.11 Å². The first-order chi connectivity index (χ1) is 9.28. The highest BCUT2D eigenvalue weighted by Gasteiger charge is 2.25. The van der Waals surface area contributed by atoms with Gasteiger partial charge in [-0.1, -0.05) is 39.5 Å². The SMILES string of the molecule is CCC(CC)n1ccc(CC(CO)C2CCCC2)n1. The summed E-state index contributed by atoms with van der Waals surface area (Å²) in [4.78, 5) is 0. The maximum Gasteiger partial charge on any atom is 0.0628 e. The van der Waals surface area contributed by atoms with Gasteiger partial charge in [0.1, 0.15) is 0 Å². The van der Waals surface area contributed by atoms with E-state index in [-0.39, 0.29) is 0 Å². The highest BCUT2D eigenvalue weighted by atomic mass is 16.3. The molecule has 1 aliphatic rings. The monoisotopic (exact) mass is 264 g/mol. The Balaban J connectivity index is 1.97. The van der Waals surface area contributed by atoms with Crippen LogP contribution in [0.1, 0.15) is 64.1 Å². The predicted octanol–water partition coefficient (Wildman–Crippen LogP) is 3.59. The Morgan fingerprint density at radius 1 is 1.32 bits per heavy atom. The fourth-order valence-corrected chi connectivity index (χ4v) is 3.43. The summed E-state index contributed by atoms with van der Waals surface area (Å²) in [5, 5.41) is 14.3. The Morgan fingerprint density at radius 2 is 2.00 bits per heavy atom. The fraction of sp³-hybridized carbons (Fsp3) is 0.812. The van der Waals surface area contributed by atoms with Gasteiger partial charge in [0.2, 0.25) is 0 Å². The highest BCUT2D eigenvalue weighted by molar-refractivity contribution is 5.02. The number of aliphatic hydroxyl groups excluding tert-OH is 1.